The fourth-order valence-corrected chi connectivity index (χ4v) is 2.03. The molecule has 1 rings (SSSR count). The van der Waals surface area contributed by atoms with Gasteiger partial charge in [0, 0.05) is 18.8 Å². The SMILES string of the molecule is CCCNC(C)c1cccc(NC(=O)CC(C)(C)OC)c1. The predicted octanol–water partition coefficient (Wildman–Crippen LogP) is 3.50. The molecule has 1 aromatic carbocycles. The number of benzene rings is 1. The zero-order valence-corrected chi connectivity index (χ0v) is 13.8. The normalized spacial score (nSPS) is 13.0. The van der Waals surface area contributed by atoms with Gasteiger partial charge in [-0.2, -0.15) is 0 Å². The summed E-state index contributed by atoms with van der Waals surface area (Å²) in [5.74, 6) is -0.0341. The molecule has 0 aliphatic rings. The standard InChI is InChI=1S/C17H28N2O2/c1-6-10-18-13(2)14-8-7-9-15(11-14)19-16(20)12-17(3,4)21-5/h7-9,11,13,18H,6,10,12H2,1-5H3,(H,19,20). The molecule has 0 saturated heterocycles. The van der Waals surface area contributed by atoms with E-state index in [2.05, 4.69) is 30.5 Å². The van der Waals surface area contributed by atoms with Crippen LogP contribution < -0.4 is 10.6 Å². The highest BCUT2D eigenvalue weighted by Gasteiger charge is 2.21. The van der Waals surface area contributed by atoms with E-state index in [4.69, 9.17) is 4.74 Å². The summed E-state index contributed by atoms with van der Waals surface area (Å²) in [6.07, 6.45) is 1.43. The van der Waals surface area contributed by atoms with Crippen molar-refractivity contribution >= 4 is 11.6 Å². The van der Waals surface area contributed by atoms with Gasteiger partial charge in [0.25, 0.3) is 0 Å². The van der Waals surface area contributed by atoms with Crippen LogP contribution in [0.3, 0.4) is 0 Å². The van der Waals surface area contributed by atoms with Crippen molar-refractivity contribution in [3.05, 3.63) is 29.8 Å². The van der Waals surface area contributed by atoms with E-state index in [0.29, 0.717) is 6.42 Å². The van der Waals surface area contributed by atoms with Crippen LogP contribution in [-0.2, 0) is 9.53 Å². The monoisotopic (exact) mass is 292 g/mol. The Balaban J connectivity index is 2.66. The summed E-state index contributed by atoms with van der Waals surface area (Å²) in [6, 6.07) is 8.24. The summed E-state index contributed by atoms with van der Waals surface area (Å²) < 4.78 is 5.28. The fraction of sp³-hybridized carbons (Fsp3) is 0.588. The molecular formula is C17H28N2O2. The lowest BCUT2D eigenvalue weighted by Crippen LogP contribution is -2.29. The predicted molar refractivity (Wildman–Crippen MR) is 87.5 cm³/mol. The van der Waals surface area contributed by atoms with Gasteiger partial charge in [0.05, 0.1) is 12.0 Å². The van der Waals surface area contributed by atoms with Gasteiger partial charge in [-0.1, -0.05) is 19.1 Å². The first-order valence-corrected chi connectivity index (χ1v) is 7.56. The van der Waals surface area contributed by atoms with Crippen LogP contribution in [0.2, 0.25) is 0 Å². The first-order valence-electron chi connectivity index (χ1n) is 7.56. The molecule has 0 aliphatic carbocycles. The number of carbonyl (C=O) groups is 1. The van der Waals surface area contributed by atoms with Crippen molar-refractivity contribution in [1.29, 1.82) is 0 Å². The second-order valence-corrected chi connectivity index (χ2v) is 5.99. The third kappa shape index (κ3) is 6.27. The average Bonchev–Trinajstić information content (AvgIpc) is 2.44. The summed E-state index contributed by atoms with van der Waals surface area (Å²) in [5, 5.41) is 6.38. The van der Waals surface area contributed by atoms with E-state index in [0.717, 1.165) is 18.7 Å². The van der Waals surface area contributed by atoms with Crippen LogP contribution in [0, 0.1) is 0 Å². The summed E-state index contributed by atoms with van der Waals surface area (Å²) in [6.45, 7) is 9.07. The van der Waals surface area contributed by atoms with E-state index in [1.165, 1.54) is 5.56 Å². The third-order valence-corrected chi connectivity index (χ3v) is 3.51. The smallest absolute Gasteiger partial charge is 0.227 e. The second-order valence-electron chi connectivity index (χ2n) is 5.99. The minimum absolute atomic E-state index is 0.0341. The van der Waals surface area contributed by atoms with E-state index in [9.17, 15) is 4.79 Å². The van der Waals surface area contributed by atoms with Crippen LogP contribution in [0.5, 0.6) is 0 Å². The van der Waals surface area contributed by atoms with Gasteiger partial charge in [0.15, 0.2) is 0 Å². The minimum Gasteiger partial charge on any atom is -0.378 e. The van der Waals surface area contributed by atoms with Crippen molar-refractivity contribution in [2.24, 2.45) is 0 Å². The number of ether oxygens (including phenoxy) is 1. The number of hydrogen-bond acceptors (Lipinski definition) is 3. The van der Waals surface area contributed by atoms with Crippen molar-refractivity contribution in [3.63, 3.8) is 0 Å². The number of anilines is 1. The molecule has 1 atom stereocenters. The number of amides is 1. The molecule has 0 aromatic heterocycles. The van der Waals surface area contributed by atoms with Crippen LogP contribution in [0.15, 0.2) is 24.3 Å². The molecule has 0 saturated carbocycles. The third-order valence-electron chi connectivity index (χ3n) is 3.51. The number of carbonyl (C=O) groups excluding carboxylic acids is 1. The molecule has 4 heteroatoms. The Morgan fingerprint density at radius 3 is 2.71 bits per heavy atom. The Hall–Kier alpha value is -1.39. The Labute approximate surface area is 128 Å². The van der Waals surface area contributed by atoms with Gasteiger partial charge in [0.2, 0.25) is 5.91 Å². The molecule has 1 aromatic rings. The molecule has 21 heavy (non-hydrogen) atoms. The van der Waals surface area contributed by atoms with Crippen LogP contribution in [0.25, 0.3) is 0 Å². The van der Waals surface area contributed by atoms with E-state index in [-0.39, 0.29) is 11.9 Å². The maximum atomic E-state index is 12.0. The zero-order valence-electron chi connectivity index (χ0n) is 13.8. The molecule has 2 N–H and O–H groups in total. The lowest BCUT2D eigenvalue weighted by Gasteiger charge is -2.22. The van der Waals surface area contributed by atoms with E-state index in [1.807, 2.05) is 32.0 Å². The summed E-state index contributed by atoms with van der Waals surface area (Å²) in [7, 11) is 1.62. The molecule has 4 nitrogen and oxygen atoms in total. The second kappa shape index (κ2) is 8.15. The number of rotatable bonds is 8. The molecule has 0 radical (unpaired) electrons. The molecule has 1 unspecified atom stereocenters. The Kier molecular flexibility index (Phi) is 6.85. The zero-order chi connectivity index (χ0) is 15.9. The topological polar surface area (TPSA) is 50.4 Å². The van der Waals surface area contributed by atoms with E-state index < -0.39 is 5.60 Å². The summed E-state index contributed by atoms with van der Waals surface area (Å²) in [5.41, 5.74) is 1.55. The minimum atomic E-state index is -0.447. The van der Waals surface area contributed by atoms with Crippen molar-refractivity contribution < 1.29 is 9.53 Å². The van der Waals surface area contributed by atoms with Crippen LogP contribution in [-0.4, -0.2) is 25.2 Å². The van der Waals surface area contributed by atoms with Crippen LogP contribution in [0.4, 0.5) is 5.69 Å². The average molecular weight is 292 g/mol. The first kappa shape index (κ1) is 17.7. The van der Waals surface area contributed by atoms with Gasteiger partial charge in [-0.15, -0.1) is 0 Å². The van der Waals surface area contributed by atoms with Gasteiger partial charge < -0.3 is 15.4 Å². The highest BCUT2D eigenvalue weighted by atomic mass is 16.5. The van der Waals surface area contributed by atoms with Crippen molar-refractivity contribution in [2.45, 2.75) is 52.2 Å². The quantitative estimate of drug-likeness (QED) is 0.771. The molecule has 0 aliphatic heterocycles. The highest BCUT2D eigenvalue weighted by Crippen LogP contribution is 2.19. The fourth-order valence-electron chi connectivity index (χ4n) is 2.03. The lowest BCUT2D eigenvalue weighted by atomic mass is 10.0. The van der Waals surface area contributed by atoms with Gasteiger partial charge in [-0.25, -0.2) is 0 Å². The van der Waals surface area contributed by atoms with Gasteiger partial charge in [-0.3, -0.25) is 4.79 Å². The summed E-state index contributed by atoms with van der Waals surface area (Å²) in [4.78, 5) is 12.0. The molecule has 0 fully saturated rings. The number of nitrogens with one attached hydrogen (secondary N) is 2. The van der Waals surface area contributed by atoms with Crippen molar-refractivity contribution in [2.75, 3.05) is 19.0 Å². The first-order chi connectivity index (χ1) is 9.88. The molecule has 118 valence electrons. The van der Waals surface area contributed by atoms with Crippen molar-refractivity contribution in [3.8, 4) is 0 Å². The molecule has 0 spiro atoms. The molecule has 1 amide bonds. The van der Waals surface area contributed by atoms with E-state index in [1.54, 1.807) is 7.11 Å². The number of methoxy groups -OCH3 is 1. The van der Waals surface area contributed by atoms with Crippen LogP contribution in [0.1, 0.15) is 52.1 Å². The number of hydrogen-bond donors (Lipinski definition) is 2. The maximum absolute atomic E-state index is 12.0. The van der Waals surface area contributed by atoms with Crippen LogP contribution >= 0.6 is 0 Å². The van der Waals surface area contributed by atoms with Crippen molar-refractivity contribution in [1.82, 2.24) is 5.32 Å². The Bertz CT molecular complexity index is 458. The maximum Gasteiger partial charge on any atom is 0.227 e. The lowest BCUT2D eigenvalue weighted by molar-refractivity contribution is -0.121. The van der Waals surface area contributed by atoms with E-state index >= 15 is 0 Å². The highest BCUT2D eigenvalue weighted by molar-refractivity contribution is 5.91. The largest absolute Gasteiger partial charge is 0.378 e. The molecule has 0 bridgehead atoms. The van der Waals surface area contributed by atoms with Gasteiger partial charge >= 0.3 is 0 Å². The van der Waals surface area contributed by atoms with Gasteiger partial charge in [-0.05, 0) is 51.4 Å². The molecule has 0 heterocycles. The van der Waals surface area contributed by atoms with Gasteiger partial charge in [0.1, 0.15) is 0 Å². The summed E-state index contributed by atoms with van der Waals surface area (Å²) >= 11 is 0. The molecular weight excluding hydrogens is 264 g/mol. The Morgan fingerprint density at radius 2 is 2.10 bits per heavy atom. The Morgan fingerprint density at radius 1 is 1.38 bits per heavy atom.